The average Bonchev–Trinajstić information content (AvgIpc) is 2.52. The monoisotopic (exact) mass is 362 g/mol. The topological polar surface area (TPSA) is 174 Å². The standard InChI is InChI=1S/C16H16N4.H2O4S/c17-15(18)13-7-3-11(4-8-13)1-2-12-5-9-14(10-6-12)16(19)20;1-5(2,3)4/h1-10H,(H3,17,18)(H3,19,20);(H2,1,2,3,4)/b2-1-;. The van der Waals surface area contributed by atoms with Gasteiger partial charge in [-0.2, -0.15) is 8.42 Å². The van der Waals surface area contributed by atoms with Gasteiger partial charge in [0, 0.05) is 11.1 Å². The Kier molecular flexibility index (Phi) is 7.00. The van der Waals surface area contributed by atoms with Crippen LogP contribution in [0.25, 0.3) is 12.2 Å². The van der Waals surface area contributed by atoms with Crippen LogP contribution in [0.15, 0.2) is 48.5 Å². The highest BCUT2D eigenvalue weighted by atomic mass is 32.3. The van der Waals surface area contributed by atoms with E-state index in [1.165, 1.54) is 0 Å². The number of hydrogen-bond donors (Lipinski definition) is 6. The van der Waals surface area contributed by atoms with E-state index in [-0.39, 0.29) is 11.7 Å². The molecule has 132 valence electrons. The Labute approximate surface area is 145 Å². The predicted molar refractivity (Wildman–Crippen MR) is 98.0 cm³/mol. The van der Waals surface area contributed by atoms with Crippen LogP contribution in [-0.2, 0) is 10.4 Å². The van der Waals surface area contributed by atoms with Crippen LogP contribution in [0.3, 0.4) is 0 Å². The van der Waals surface area contributed by atoms with Crippen molar-refractivity contribution < 1.29 is 17.5 Å². The lowest BCUT2D eigenvalue weighted by Gasteiger charge is -2.00. The van der Waals surface area contributed by atoms with Crippen LogP contribution < -0.4 is 11.5 Å². The molecule has 0 aliphatic rings. The molecule has 2 rings (SSSR count). The Bertz CT molecular complexity index is 806. The predicted octanol–water partition coefficient (Wildman–Crippen LogP) is 1.77. The lowest BCUT2D eigenvalue weighted by molar-refractivity contribution is 0.381. The zero-order valence-electron chi connectivity index (χ0n) is 13.0. The first-order chi connectivity index (χ1) is 11.6. The molecule has 2 aromatic rings. The maximum atomic E-state index is 8.74. The summed E-state index contributed by atoms with van der Waals surface area (Å²) in [7, 11) is -4.67. The average molecular weight is 362 g/mol. The van der Waals surface area contributed by atoms with Gasteiger partial charge in [-0.1, -0.05) is 60.7 Å². The van der Waals surface area contributed by atoms with Gasteiger partial charge in [-0.15, -0.1) is 0 Å². The van der Waals surface area contributed by atoms with E-state index in [9.17, 15) is 0 Å². The lowest BCUT2D eigenvalue weighted by Crippen LogP contribution is -2.10. The van der Waals surface area contributed by atoms with E-state index in [4.69, 9.17) is 39.8 Å². The Hall–Kier alpha value is -3.01. The van der Waals surface area contributed by atoms with Gasteiger partial charge < -0.3 is 11.5 Å². The fourth-order valence-electron chi connectivity index (χ4n) is 1.74. The van der Waals surface area contributed by atoms with Crippen molar-refractivity contribution in [3.8, 4) is 0 Å². The Balaban J connectivity index is 0.000000550. The Morgan fingerprint density at radius 2 is 1.00 bits per heavy atom. The van der Waals surface area contributed by atoms with Crippen LogP contribution >= 0.6 is 0 Å². The van der Waals surface area contributed by atoms with Crippen molar-refractivity contribution in [3.63, 3.8) is 0 Å². The molecule has 0 aliphatic carbocycles. The smallest absolute Gasteiger partial charge is 0.384 e. The molecule has 0 saturated carbocycles. The van der Waals surface area contributed by atoms with Crippen molar-refractivity contribution in [2.75, 3.05) is 0 Å². The molecule has 0 fully saturated rings. The summed E-state index contributed by atoms with van der Waals surface area (Å²) in [6.07, 6.45) is 3.96. The normalized spacial score (nSPS) is 10.8. The SMILES string of the molecule is N=C(N)c1ccc(/C=C\c2ccc(C(=N)N)cc2)cc1.O=S(=O)(O)O. The van der Waals surface area contributed by atoms with E-state index in [1.807, 2.05) is 60.7 Å². The zero-order valence-corrected chi connectivity index (χ0v) is 13.9. The summed E-state index contributed by atoms with van der Waals surface area (Å²) < 4.78 is 31.6. The van der Waals surface area contributed by atoms with Gasteiger partial charge in [-0.05, 0) is 11.1 Å². The highest BCUT2D eigenvalue weighted by molar-refractivity contribution is 7.79. The van der Waals surface area contributed by atoms with Crippen molar-refractivity contribution >= 4 is 34.2 Å². The van der Waals surface area contributed by atoms with Crippen molar-refractivity contribution in [1.29, 1.82) is 10.8 Å². The van der Waals surface area contributed by atoms with Gasteiger partial charge in [0.2, 0.25) is 0 Å². The third kappa shape index (κ3) is 8.42. The summed E-state index contributed by atoms with van der Waals surface area (Å²) in [4.78, 5) is 0. The number of nitrogens with one attached hydrogen (secondary N) is 2. The molecule has 9 heteroatoms. The molecule has 0 unspecified atom stereocenters. The van der Waals surface area contributed by atoms with Gasteiger partial charge in [0.25, 0.3) is 0 Å². The number of benzene rings is 2. The van der Waals surface area contributed by atoms with Crippen LogP contribution in [-0.4, -0.2) is 29.2 Å². The molecule has 0 heterocycles. The number of hydrogen-bond acceptors (Lipinski definition) is 4. The maximum Gasteiger partial charge on any atom is 0.394 e. The van der Waals surface area contributed by atoms with Crippen LogP contribution in [0.1, 0.15) is 22.3 Å². The van der Waals surface area contributed by atoms with E-state index in [1.54, 1.807) is 0 Å². The van der Waals surface area contributed by atoms with Crippen LogP contribution in [0.2, 0.25) is 0 Å². The molecular formula is C16H18N4O4S. The summed E-state index contributed by atoms with van der Waals surface area (Å²) in [6, 6.07) is 14.9. The fourth-order valence-corrected chi connectivity index (χ4v) is 1.74. The minimum atomic E-state index is -4.67. The maximum absolute atomic E-state index is 8.74. The number of nitrogens with two attached hydrogens (primary N) is 2. The quantitative estimate of drug-likeness (QED) is 0.209. The molecule has 0 amide bonds. The summed E-state index contributed by atoms with van der Waals surface area (Å²) in [5.74, 6) is 0.140. The Morgan fingerprint density at radius 1 is 0.760 bits per heavy atom. The molecule has 0 aromatic heterocycles. The van der Waals surface area contributed by atoms with Crippen LogP contribution in [0.4, 0.5) is 0 Å². The molecule has 0 spiro atoms. The van der Waals surface area contributed by atoms with Crippen molar-refractivity contribution in [2.45, 2.75) is 0 Å². The highest BCUT2D eigenvalue weighted by Crippen LogP contribution is 2.10. The third-order valence-corrected chi connectivity index (χ3v) is 2.91. The molecule has 2 aromatic carbocycles. The van der Waals surface area contributed by atoms with E-state index in [2.05, 4.69) is 0 Å². The minimum absolute atomic E-state index is 0.0698. The first kappa shape index (κ1) is 20.0. The van der Waals surface area contributed by atoms with Gasteiger partial charge >= 0.3 is 10.4 Å². The largest absolute Gasteiger partial charge is 0.394 e. The van der Waals surface area contributed by atoms with E-state index < -0.39 is 10.4 Å². The molecule has 25 heavy (non-hydrogen) atoms. The molecule has 8 nitrogen and oxygen atoms in total. The van der Waals surface area contributed by atoms with Crippen molar-refractivity contribution in [1.82, 2.24) is 0 Å². The first-order valence-corrected chi connectivity index (χ1v) is 8.23. The molecule has 0 aliphatic heterocycles. The zero-order chi connectivity index (χ0) is 19.0. The van der Waals surface area contributed by atoms with Crippen LogP contribution in [0.5, 0.6) is 0 Å². The lowest BCUT2D eigenvalue weighted by atomic mass is 10.1. The summed E-state index contributed by atoms with van der Waals surface area (Å²) >= 11 is 0. The van der Waals surface area contributed by atoms with Gasteiger partial charge in [0.15, 0.2) is 0 Å². The highest BCUT2D eigenvalue weighted by Gasteiger charge is 1.96. The minimum Gasteiger partial charge on any atom is -0.384 e. The second-order valence-electron chi connectivity index (χ2n) is 4.85. The van der Waals surface area contributed by atoms with Crippen molar-refractivity contribution in [2.24, 2.45) is 11.5 Å². The van der Waals surface area contributed by atoms with Gasteiger partial charge in [-0.25, -0.2) is 0 Å². The van der Waals surface area contributed by atoms with Crippen molar-refractivity contribution in [3.05, 3.63) is 70.8 Å². The number of nitrogen functional groups attached to an aromatic ring is 2. The summed E-state index contributed by atoms with van der Waals surface area (Å²) in [6.45, 7) is 0. The molecule has 0 bridgehead atoms. The fraction of sp³-hybridized carbons (Fsp3) is 0. The second kappa shape index (κ2) is 8.73. The Morgan fingerprint density at radius 3 is 1.20 bits per heavy atom. The second-order valence-corrected chi connectivity index (χ2v) is 5.75. The summed E-state index contributed by atoms with van der Waals surface area (Å²) in [5.41, 5.74) is 14.3. The number of rotatable bonds is 4. The van der Waals surface area contributed by atoms with E-state index >= 15 is 0 Å². The van der Waals surface area contributed by atoms with E-state index in [0.717, 1.165) is 11.1 Å². The van der Waals surface area contributed by atoms with Gasteiger partial charge in [0.1, 0.15) is 11.7 Å². The summed E-state index contributed by atoms with van der Waals surface area (Å²) in [5, 5.41) is 14.7. The molecule has 0 radical (unpaired) electrons. The van der Waals surface area contributed by atoms with Gasteiger partial charge in [-0.3, -0.25) is 19.9 Å². The molecule has 0 atom stereocenters. The van der Waals surface area contributed by atoms with Gasteiger partial charge in [0.05, 0.1) is 0 Å². The molecule has 0 saturated heterocycles. The third-order valence-electron chi connectivity index (χ3n) is 2.91. The van der Waals surface area contributed by atoms with E-state index in [0.29, 0.717) is 11.1 Å². The van der Waals surface area contributed by atoms with Crippen LogP contribution in [0, 0.1) is 10.8 Å². The molecule has 8 N–H and O–H groups in total. The first-order valence-electron chi connectivity index (χ1n) is 6.83. The number of amidine groups is 2. The molecular weight excluding hydrogens is 344 g/mol.